The van der Waals surface area contributed by atoms with Gasteiger partial charge in [-0.3, -0.25) is 0 Å². The lowest BCUT2D eigenvalue weighted by atomic mass is 10.3. The summed E-state index contributed by atoms with van der Waals surface area (Å²) in [7, 11) is 0. The van der Waals surface area contributed by atoms with Gasteiger partial charge in [-0.15, -0.1) is 0 Å². The lowest BCUT2D eigenvalue weighted by Gasteiger charge is -2.07. The molecule has 11 heteroatoms. The molecular formula is C9H10F3N7O. The highest BCUT2D eigenvalue weighted by Crippen LogP contribution is 2.21. The molecule has 0 unspecified atom stereocenters. The van der Waals surface area contributed by atoms with Crippen molar-refractivity contribution < 1.29 is 17.9 Å². The number of hydrogen-bond donors (Lipinski definition) is 1. The van der Waals surface area contributed by atoms with Crippen LogP contribution in [0.4, 0.5) is 19.1 Å². The fourth-order valence-electron chi connectivity index (χ4n) is 1.28. The van der Waals surface area contributed by atoms with Crippen LogP contribution in [0.1, 0.15) is 12.8 Å². The van der Waals surface area contributed by atoms with Gasteiger partial charge in [-0.2, -0.15) is 37.9 Å². The third kappa shape index (κ3) is 4.03. The molecule has 0 radical (unpaired) electrons. The molecule has 0 aliphatic rings. The number of nitrogen functional groups attached to an aromatic ring is 1. The summed E-state index contributed by atoms with van der Waals surface area (Å²) in [6.45, 7) is -0.181. The van der Waals surface area contributed by atoms with Gasteiger partial charge >= 0.3 is 12.2 Å². The first-order valence-electron chi connectivity index (χ1n) is 5.50. The van der Waals surface area contributed by atoms with E-state index in [0.29, 0.717) is 0 Å². The Kier molecular flexibility index (Phi) is 3.96. The second-order valence-electron chi connectivity index (χ2n) is 3.68. The van der Waals surface area contributed by atoms with E-state index < -0.39 is 12.6 Å². The van der Waals surface area contributed by atoms with E-state index in [0.717, 1.165) is 0 Å². The van der Waals surface area contributed by atoms with Gasteiger partial charge in [-0.25, -0.2) is 4.98 Å². The zero-order valence-electron chi connectivity index (χ0n) is 10.1. The van der Waals surface area contributed by atoms with Crippen molar-refractivity contribution in [2.24, 2.45) is 0 Å². The largest absolute Gasteiger partial charge is 0.463 e. The maximum atomic E-state index is 12.0. The summed E-state index contributed by atoms with van der Waals surface area (Å²) in [6.07, 6.45) is -2.75. The fourth-order valence-corrected chi connectivity index (χ4v) is 1.28. The van der Waals surface area contributed by atoms with Crippen molar-refractivity contribution in [2.75, 3.05) is 12.3 Å². The van der Waals surface area contributed by atoms with Crippen molar-refractivity contribution in [1.29, 1.82) is 0 Å². The van der Waals surface area contributed by atoms with E-state index in [1.807, 2.05) is 0 Å². The van der Waals surface area contributed by atoms with E-state index in [9.17, 15) is 13.2 Å². The van der Waals surface area contributed by atoms with Gasteiger partial charge in [0, 0.05) is 6.42 Å². The minimum absolute atomic E-state index is 0.0702. The van der Waals surface area contributed by atoms with Crippen LogP contribution in [0.25, 0.3) is 5.95 Å². The number of hydrogen-bond acceptors (Lipinski definition) is 7. The third-order valence-corrected chi connectivity index (χ3v) is 2.08. The Balaban J connectivity index is 1.98. The molecule has 0 aromatic carbocycles. The lowest BCUT2D eigenvalue weighted by Crippen LogP contribution is -2.12. The van der Waals surface area contributed by atoms with Gasteiger partial charge in [-0.05, 0) is 6.42 Å². The maximum Gasteiger partial charge on any atom is 0.389 e. The number of nitrogens with zero attached hydrogens (tertiary/aromatic N) is 6. The van der Waals surface area contributed by atoms with Crippen molar-refractivity contribution in [3.05, 3.63) is 12.7 Å². The molecule has 0 saturated heterocycles. The van der Waals surface area contributed by atoms with E-state index >= 15 is 0 Å². The molecule has 0 atom stereocenters. The van der Waals surface area contributed by atoms with Crippen LogP contribution in [0, 0.1) is 0 Å². The van der Waals surface area contributed by atoms with Crippen LogP contribution in [0.5, 0.6) is 6.01 Å². The molecule has 2 aromatic heterocycles. The summed E-state index contributed by atoms with van der Waals surface area (Å²) >= 11 is 0. The Morgan fingerprint density at radius 3 is 2.70 bits per heavy atom. The molecule has 0 fully saturated rings. The van der Waals surface area contributed by atoms with Crippen LogP contribution in [0.3, 0.4) is 0 Å². The average Bonchev–Trinajstić information content (AvgIpc) is 2.86. The van der Waals surface area contributed by atoms with Crippen molar-refractivity contribution >= 4 is 5.95 Å². The summed E-state index contributed by atoms with van der Waals surface area (Å²) in [6, 6.07) is -0.162. The highest BCUT2D eigenvalue weighted by Gasteiger charge is 2.26. The molecule has 0 bridgehead atoms. The summed E-state index contributed by atoms with van der Waals surface area (Å²) < 4.78 is 42.1. The number of anilines is 1. The molecule has 0 spiro atoms. The quantitative estimate of drug-likeness (QED) is 0.810. The first-order chi connectivity index (χ1) is 9.44. The summed E-state index contributed by atoms with van der Waals surface area (Å²) in [4.78, 5) is 15.0. The SMILES string of the molecule is Nc1nc(OCCCC(F)(F)F)nc(-n2cncn2)n1. The van der Waals surface area contributed by atoms with Gasteiger partial charge in [0.25, 0.3) is 5.95 Å². The minimum Gasteiger partial charge on any atom is -0.463 e. The minimum atomic E-state index is -4.21. The molecule has 2 heterocycles. The molecule has 0 aliphatic carbocycles. The predicted molar refractivity (Wildman–Crippen MR) is 59.9 cm³/mol. The zero-order valence-corrected chi connectivity index (χ0v) is 10.1. The Morgan fingerprint density at radius 2 is 2.05 bits per heavy atom. The van der Waals surface area contributed by atoms with Gasteiger partial charge in [0.2, 0.25) is 5.95 Å². The molecule has 2 rings (SSSR count). The van der Waals surface area contributed by atoms with Crippen molar-refractivity contribution in [2.45, 2.75) is 19.0 Å². The van der Waals surface area contributed by atoms with Gasteiger partial charge in [0.1, 0.15) is 12.7 Å². The molecule has 8 nitrogen and oxygen atoms in total. The number of alkyl halides is 3. The number of ether oxygens (including phenoxy) is 1. The van der Waals surface area contributed by atoms with Crippen LogP contribution in [-0.2, 0) is 0 Å². The number of aromatic nitrogens is 6. The molecular weight excluding hydrogens is 279 g/mol. The first kappa shape index (κ1) is 14.0. The second-order valence-corrected chi connectivity index (χ2v) is 3.68. The third-order valence-electron chi connectivity index (χ3n) is 2.08. The normalized spacial score (nSPS) is 11.6. The average molecular weight is 289 g/mol. The predicted octanol–water partition coefficient (Wildman–Crippen LogP) is 0.756. The number of rotatable bonds is 5. The van der Waals surface area contributed by atoms with Crippen LogP contribution in [0.15, 0.2) is 12.7 Å². The Bertz CT molecular complexity index is 557. The van der Waals surface area contributed by atoms with Gasteiger partial charge in [-0.1, -0.05) is 0 Å². The second kappa shape index (κ2) is 5.67. The van der Waals surface area contributed by atoms with E-state index in [4.69, 9.17) is 10.5 Å². The van der Waals surface area contributed by atoms with E-state index in [2.05, 4.69) is 25.0 Å². The highest BCUT2D eigenvalue weighted by atomic mass is 19.4. The first-order valence-corrected chi connectivity index (χ1v) is 5.50. The topological polar surface area (TPSA) is 105 Å². The number of halogens is 3. The molecule has 108 valence electrons. The molecule has 20 heavy (non-hydrogen) atoms. The van der Waals surface area contributed by atoms with E-state index in [1.165, 1.54) is 17.3 Å². The van der Waals surface area contributed by atoms with Crippen molar-refractivity contribution in [3.8, 4) is 12.0 Å². The Hall–Kier alpha value is -2.46. The molecule has 2 aromatic rings. The van der Waals surface area contributed by atoms with Crippen molar-refractivity contribution in [1.82, 2.24) is 29.7 Å². The molecule has 0 amide bonds. The molecule has 0 aliphatic heterocycles. The Morgan fingerprint density at radius 1 is 1.25 bits per heavy atom. The summed E-state index contributed by atoms with van der Waals surface area (Å²) in [5, 5.41) is 3.79. The fraction of sp³-hybridized carbons (Fsp3) is 0.444. The standard InChI is InChI=1S/C9H10F3N7O/c10-9(11,12)2-1-3-20-8-17-6(13)16-7(18-8)19-5-14-4-15-19/h4-5H,1-3H2,(H2,13,16,17,18). The molecule has 0 saturated carbocycles. The van der Waals surface area contributed by atoms with E-state index in [1.54, 1.807) is 0 Å². The number of nitrogens with two attached hydrogens (primary N) is 1. The van der Waals surface area contributed by atoms with Crippen LogP contribution >= 0.6 is 0 Å². The van der Waals surface area contributed by atoms with Crippen LogP contribution < -0.4 is 10.5 Å². The monoisotopic (exact) mass is 289 g/mol. The maximum absolute atomic E-state index is 12.0. The van der Waals surface area contributed by atoms with Gasteiger partial charge in [0.05, 0.1) is 6.61 Å². The van der Waals surface area contributed by atoms with E-state index in [-0.39, 0.29) is 30.9 Å². The zero-order chi connectivity index (χ0) is 14.6. The summed E-state index contributed by atoms with van der Waals surface area (Å²) in [5.74, 6) is -0.0582. The lowest BCUT2D eigenvalue weighted by molar-refractivity contribution is -0.136. The van der Waals surface area contributed by atoms with Crippen LogP contribution in [0.2, 0.25) is 0 Å². The van der Waals surface area contributed by atoms with Crippen LogP contribution in [-0.4, -0.2) is 42.5 Å². The highest BCUT2D eigenvalue weighted by molar-refractivity contribution is 5.23. The Labute approximate surface area is 110 Å². The summed E-state index contributed by atoms with van der Waals surface area (Å²) in [5.41, 5.74) is 5.46. The van der Waals surface area contributed by atoms with Gasteiger partial charge < -0.3 is 10.5 Å². The van der Waals surface area contributed by atoms with Crippen molar-refractivity contribution in [3.63, 3.8) is 0 Å². The smallest absolute Gasteiger partial charge is 0.389 e. The molecule has 2 N–H and O–H groups in total. The van der Waals surface area contributed by atoms with Gasteiger partial charge in [0.15, 0.2) is 0 Å².